The van der Waals surface area contributed by atoms with Crippen LogP contribution in [0.25, 0.3) is 0 Å². The standard InChI is InChI=1S/C15H23F3N2/c1-12(13-7-4-3-5-8-13)20-14(2,11-19)9-6-10-15(16,17)18/h3-5,7-8,12,20H,6,9-11,19H2,1-2H3. The Labute approximate surface area is 118 Å². The summed E-state index contributed by atoms with van der Waals surface area (Å²) in [6.45, 7) is 4.18. The van der Waals surface area contributed by atoms with Gasteiger partial charge in [-0.05, 0) is 32.3 Å². The van der Waals surface area contributed by atoms with Gasteiger partial charge in [0.05, 0.1) is 0 Å². The van der Waals surface area contributed by atoms with Crippen LogP contribution in [0.4, 0.5) is 13.2 Å². The van der Waals surface area contributed by atoms with Gasteiger partial charge in [-0.3, -0.25) is 0 Å². The highest BCUT2D eigenvalue weighted by Gasteiger charge is 2.30. The quantitative estimate of drug-likeness (QED) is 0.801. The van der Waals surface area contributed by atoms with E-state index in [1.165, 1.54) is 0 Å². The predicted octanol–water partition coefficient (Wildman–Crippen LogP) is 3.79. The van der Waals surface area contributed by atoms with Crippen LogP contribution in [0.3, 0.4) is 0 Å². The van der Waals surface area contributed by atoms with Crippen molar-refractivity contribution in [1.82, 2.24) is 5.32 Å². The molecule has 0 heterocycles. The first-order chi connectivity index (χ1) is 9.26. The van der Waals surface area contributed by atoms with Crippen molar-refractivity contribution in [2.75, 3.05) is 6.54 Å². The molecule has 0 aliphatic carbocycles. The van der Waals surface area contributed by atoms with E-state index in [0.29, 0.717) is 13.0 Å². The maximum absolute atomic E-state index is 12.2. The SMILES string of the molecule is CC(NC(C)(CN)CCCC(F)(F)F)c1ccccc1. The molecule has 0 aliphatic heterocycles. The van der Waals surface area contributed by atoms with Crippen LogP contribution in [0.2, 0.25) is 0 Å². The predicted molar refractivity (Wildman–Crippen MR) is 75.4 cm³/mol. The molecule has 0 fully saturated rings. The van der Waals surface area contributed by atoms with Gasteiger partial charge in [-0.15, -0.1) is 0 Å². The Bertz CT molecular complexity index is 392. The zero-order valence-corrected chi connectivity index (χ0v) is 12.0. The number of nitrogens with two attached hydrogens (primary N) is 1. The van der Waals surface area contributed by atoms with Gasteiger partial charge >= 0.3 is 6.18 Å². The van der Waals surface area contributed by atoms with Crippen molar-refractivity contribution >= 4 is 0 Å². The van der Waals surface area contributed by atoms with E-state index >= 15 is 0 Å². The number of hydrogen-bond donors (Lipinski definition) is 2. The van der Waals surface area contributed by atoms with Gasteiger partial charge in [0.1, 0.15) is 0 Å². The molecule has 2 atom stereocenters. The average Bonchev–Trinajstić information content (AvgIpc) is 2.38. The zero-order valence-electron chi connectivity index (χ0n) is 12.0. The first kappa shape index (κ1) is 17.0. The fourth-order valence-corrected chi connectivity index (χ4v) is 2.26. The molecule has 5 heteroatoms. The van der Waals surface area contributed by atoms with Gasteiger partial charge in [0, 0.05) is 24.5 Å². The topological polar surface area (TPSA) is 38.0 Å². The minimum Gasteiger partial charge on any atom is -0.329 e. The molecule has 0 aliphatic rings. The first-order valence-corrected chi connectivity index (χ1v) is 6.85. The fraction of sp³-hybridized carbons (Fsp3) is 0.600. The summed E-state index contributed by atoms with van der Waals surface area (Å²) in [4.78, 5) is 0. The van der Waals surface area contributed by atoms with Gasteiger partial charge in [-0.1, -0.05) is 30.3 Å². The van der Waals surface area contributed by atoms with E-state index in [9.17, 15) is 13.2 Å². The van der Waals surface area contributed by atoms with E-state index in [-0.39, 0.29) is 12.5 Å². The highest BCUT2D eigenvalue weighted by molar-refractivity contribution is 5.18. The highest BCUT2D eigenvalue weighted by Crippen LogP contribution is 2.26. The molecule has 0 saturated heterocycles. The van der Waals surface area contributed by atoms with Crippen molar-refractivity contribution in [2.24, 2.45) is 5.73 Å². The molecule has 2 unspecified atom stereocenters. The van der Waals surface area contributed by atoms with Crippen LogP contribution in [0.15, 0.2) is 30.3 Å². The fourth-order valence-electron chi connectivity index (χ4n) is 2.26. The molecule has 3 N–H and O–H groups in total. The molecular weight excluding hydrogens is 265 g/mol. The Balaban J connectivity index is 2.56. The average molecular weight is 288 g/mol. The van der Waals surface area contributed by atoms with Crippen LogP contribution in [0.1, 0.15) is 44.7 Å². The monoisotopic (exact) mass is 288 g/mol. The van der Waals surface area contributed by atoms with Gasteiger partial charge in [0.25, 0.3) is 0 Å². The Morgan fingerprint density at radius 1 is 1.15 bits per heavy atom. The maximum Gasteiger partial charge on any atom is 0.389 e. The second-order valence-electron chi connectivity index (χ2n) is 5.51. The van der Waals surface area contributed by atoms with Crippen LogP contribution in [0.5, 0.6) is 0 Å². The Morgan fingerprint density at radius 2 is 1.75 bits per heavy atom. The summed E-state index contributed by atoms with van der Waals surface area (Å²) in [6, 6.07) is 9.85. The molecule has 114 valence electrons. The van der Waals surface area contributed by atoms with Gasteiger partial charge in [-0.2, -0.15) is 13.2 Å². The molecule has 20 heavy (non-hydrogen) atoms. The smallest absolute Gasteiger partial charge is 0.329 e. The van der Waals surface area contributed by atoms with Crippen molar-refractivity contribution in [3.63, 3.8) is 0 Å². The molecule has 1 aromatic rings. The largest absolute Gasteiger partial charge is 0.389 e. The third kappa shape index (κ3) is 5.92. The number of benzene rings is 1. The number of rotatable bonds is 7. The van der Waals surface area contributed by atoms with Crippen LogP contribution in [-0.2, 0) is 0 Å². The van der Waals surface area contributed by atoms with Crippen molar-refractivity contribution < 1.29 is 13.2 Å². The second kappa shape index (κ2) is 7.09. The van der Waals surface area contributed by atoms with Gasteiger partial charge in [0.15, 0.2) is 0 Å². The summed E-state index contributed by atoms with van der Waals surface area (Å²) < 4.78 is 36.6. The lowest BCUT2D eigenvalue weighted by Crippen LogP contribution is -2.49. The van der Waals surface area contributed by atoms with E-state index in [4.69, 9.17) is 5.73 Å². The van der Waals surface area contributed by atoms with Crippen LogP contribution in [-0.4, -0.2) is 18.3 Å². The summed E-state index contributed by atoms with van der Waals surface area (Å²) in [6.07, 6.45) is -4.36. The molecule has 2 nitrogen and oxygen atoms in total. The summed E-state index contributed by atoms with van der Waals surface area (Å²) in [5.74, 6) is 0. The number of halogens is 3. The van der Waals surface area contributed by atoms with E-state index in [2.05, 4.69) is 5.32 Å². The first-order valence-electron chi connectivity index (χ1n) is 6.85. The normalized spacial score (nSPS) is 16.7. The molecule has 1 rings (SSSR count). The molecular formula is C15H23F3N2. The second-order valence-corrected chi connectivity index (χ2v) is 5.51. The van der Waals surface area contributed by atoms with Gasteiger partial charge < -0.3 is 11.1 Å². The van der Waals surface area contributed by atoms with Crippen molar-refractivity contribution in [3.05, 3.63) is 35.9 Å². The van der Waals surface area contributed by atoms with Gasteiger partial charge in [0.2, 0.25) is 0 Å². The molecule has 0 saturated carbocycles. The zero-order chi connectivity index (χ0) is 15.2. The van der Waals surface area contributed by atoms with E-state index < -0.39 is 18.1 Å². The van der Waals surface area contributed by atoms with Crippen LogP contribution >= 0.6 is 0 Å². The third-order valence-electron chi connectivity index (χ3n) is 3.50. The minimum absolute atomic E-state index is 0.0515. The molecule has 0 amide bonds. The van der Waals surface area contributed by atoms with Crippen LogP contribution in [0, 0.1) is 0 Å². The summed E-state index contributed by atoms with van der Waals surface area (Å²) >= 11 is 0. The summed E-state index contributed by atoms with van der Waals surface area (Å²) in [5, 5.41) is 3.35. The van der Waals surface area contributed by atoms with Gasteiger partial charge in [-0.25, -0.2) is 0 Å². The number of nitrogens with one attached hydrogen (secondary N) is 1. The summed E-state index contributed by atoms with van der Waals surface area (Å²) in [7, 11) is 0. The highest BCUT2D eigenvalue weighted by atomic mass is 19.4. The number of alkyl halides is 3. The van der Waals surface area contributed by atoms with E-state index in [0.717, 1.165) is 5.56 Å². The molecule has 1 aromatic carbocycles. The minimum atomic E-state index is -4.10. The Kier molecular flexibility index (Phi) is 6.02. The Morgan fingerprint density at radius 3 is 2.25 bits per heavy atom. The molecule has 0 radical (unpaired) electrons. The lowest BCUT2D eigenvalue weighted by atomic mass is 9.92. The van der Waals surface area contributed by atoms with Crippen LogP contribution < -0.4 is 11.1 Å². The Hall–Kier alpha value is -1.07. The van der Waals surface area contributed by atoms with Crippen molar-refractivity contribution in [1.29, 1.82) is 0 Å². The molecule has 0 aromatic heterocycles. The molecule has 0 bridgehead atoms. The summed E-state index contributed by atoms with van der Waals surface area (Å²) in [5.41, 5.74) is 6.35. The molecule has 0 spiro atoms. The van der Waals surface area contributed by atoms with E-state index in [1.54, 1.807) is 0 Å². The van der Waals surface area contributed by atoms with E-state index in [1.807, 2.05) is 44.2 Å². The maximum atomic E-state index is 12.2. The van der Waals surface area contributed by atoms with Crippen molar-refractivity contribution in [3.8, 4) is 0 Å². The third-order valence-corrected chi connectivity index (χ3v) is 3.50. The lowest BCUT2D eigenvalue weighted by Gasteiger charge is -2.33. The number of hydrogen-bond acceptors (Lipinski definition) is 2. The van der Waals surface area contributed by atoms with Crippen molar-refractivity contribution in [2.45, 2.75) is 50.9 Å². The lowest BCUT2D eigenvalue weighted by molar-refractivity contribution is -0.136.